The number of benzene rings is 4. The van der Waals surface area contributed by atoms with Crippen molar-refractivity contribution in [3.8, 4) is 16.9 Å². The van der Waals surface area contributed by atoms with Gasteiger partial charge < -0.3 is 4.74 Å². The first kappa shape index (κ1) is 21.0. The molecule has 5 heteroatoms. The number of hydrogen-bond acceptors (Lipinski definition) is 2. The highest BCUT2D eigenvalue weighted by atomic mass is 35.5. The maximum atomic E-state index is 13.6. The molecule has 4 aromatic rings. The van der Waals surface area contributed by atoms with Crippen molar-refractivity contribution >= 4 is 40.5 Å². The number of rotatable bonds is 5. The maximum Gasteiger partial charge on any atom is 0.262 e. The Morgan fingerprint density at radius 1 is 0.742 bits per heavy atom. The van der Waals surface area contributed by atoms with E-state index in [0.29, 0.717) is 32.7 Å². The number of carbonyl (C=O) groups is 1. The van der Waals surface area contributed by atoms with Crippen LogP contribution in [0, 0.1) is 0 Å². The number of anilines is 2. The summed E-state index contributed by atoms with van der Waals surface area (Å²) in [4.78, 5) is 15.2. The van der Waals surface area contributed by atoms with E-state index in [1.165, 1.54) is 12.0 Å². The molecule has 0 aliphatic carbocycles. The number of methoxy groups -OCH3 is 1. The number of ether oxygens (including phenoxy) is 1. The van der Waals surface area contributed by atoms with Crippen LogP contribution in [-0.4, -0.2) is 13.0 Å². The number of para-hydroxylation sites is 1. The van der Waals surface area contributed by atoms with Gasteiger partial charge in [0.1, 0.15) is 5.75 Å². The Bertz CT molecular complexity index is 1170. The molecular formula is C26H19Cl2NO2. The average Bonchev–Trinajstić information content (AvgIpc) is 2.82. The zero-order valence-electron chi connectivity index (χ0n) is 16.8. The SMILES string of the molecule is COc1cc(Cl)c(N(C(=O)c2ccc(-c3ccccc3)cc2)c2ccccc2)c(Cl)c1. The highest BCUT2D eigenvalue weighted by molar-refractivity contribution is 6.41. The molecule has 0 heterocycles. The van der Waals surface area contributed by atoms with E-state index < -0.39 is 0 Å². The lowest BCUT2D eigenvalue weighted by molar-refractivity contribution is 0.0999. The summed E-state index contributed by atoms with van der Waals surface area (Å²) in [5, 5.41) is 0.643. The Hall–Kier alpha value is -3.27. The molecule has 0 N–H and O–H groups in total. The molecule has 0 atom stereocenters. The lowest BCUT2D eigenvalue weighted by Gasteiger charge is -2.25. The summed E-state index contributed by atoms with van der Waals surface area (Å²) in [5.74, 6) is 0.284. The van der Waals surface area contributed by atoms with Gasteiger partial charge in [0.2, 0.25) is 0 Å². The van der Waals surface area contributed by atoms with Crippen LogP contribution in [0.5, 0.6) is 5.75 Å². The normalized spacial score (nSPS) is 10.5. The van der Waals surface area contributed by atoms with Crippen LogP contribution in [0.2, 0.25) is 10.0 Å². The Labute approximate surface area is 191 Å². The highest BCUT2D eigenvalue weighted by Gasteiger charge is 2.25. The Balaban J connectivity index is 1.78. The summed E-state index contributed by atoms with van der Waals surface area (Å²) >= 11 is 13.1. The zero-order chi connectivity index (χ0) is 21.8. The van der Waals surface area contributed by atoms with Crippen LogP contribution in [0.3, 0.4) is 0 Å². The summed E-state index contributed by atoms with van der Waals surface area (Å²) < 4.78 is 5.24. The van der Waals surface area contributed by atoms with Crippen LogP contribution in [0.25, 0.3) is 11.1 Å². The summed E-state index contributed by atoms with van der Waals surface area (Å²) in [7, 11) is 1.54. The Morgan fingerprint density at radius 2 is 1.26 bits per heavy atom. The van der Waals surface area contributed by atoms with E-state index in [2.05, 4.69) is 0 Å². The van der Waals surface area contributed by atoms with Gasteiger partial charge in [-0.15, -0.1) is 0 Å². The predicted octanol–water partition coefficient (Wildman–Crippen LogP) is 7.65. The molecule has 0 saturated carbocycles. The monoisotopic (exact) mass is 447 g/mol. The molecule has 4 rings (SSSR count). The standard InChI is InChI=1S/C26H19Cl2NO2/c1-31-22-16-23(27)25(24(28)17-22)29(21-10-6-3-7-11-21)26(30)20-14-12-19(13-15-20)18-8-4-2-5-9-18/h2-17H,1H3. The van der Waals surface area contributed by atoms with E-state index >= 15 is 0 Å². The third kappa shape index (κ3) is 4.43. The predicted molar refractivity (Wildman–Crippen MR) is 128 cm³/mol. The molecule has 3 nitrogen and oxygen atoms in total. The fourth-order valence-corrected chi connectivity index (χ4v) is 4.00. The second-order valence-electron chi connectivity index (χ2n) is 6.86. The van der Waals surface area contributed by atoms with Crippen LogP contribution < -0.4 is 9.64 Å². The topological polar surface area (TPSA) is 29.5 Å². The van der Waals surface area contributed by atoms with Gasteiger partial charge in [0.05, 0.1) is 22.8 Å². The minimum absolute atomic E-state index is 0.236. The van der Waals surface area contributed by atoms with Crippen molar-refractivity contribution < 1.29 is 9.53 Å². The quantitative estimate of drug-likeness (QED) is 0.314. The molecule has 0 spiro atoms. The van der Waals surface area contributed by atoms with Crippen molar-refractivity contribution in [1.82, 2.24) is 0 Å². The fourth-order valence-electron chi connectivity index (χ4n) is 3.36. The summed E-state index contributed by atoms with van der Waals surface area (Å²) in [6, 6.07) is 30.1. The van der Waals surface area contributed by atoms with Crippen molar-refractivity contribution in [1.29, 1.82) is 0 Å². The van der Waals surface area contributed by atoms with E-state index in [4.69, 9.17) is 27.9 Å². The van der Waals surface area contributed by atoms with Gasteiger partial charge in [-0.2, -0.15) is 0 Å². The van der Waals surface area contributed by atoms with Gasteiger partial charge in [-0.05, 0) is 35.4 Å². The first-order valence-electron chi connectivity index (χ1n) is 9.66. The molecule has 0 fully saturated rings. The largest absolute Gasteiger partial charge is 0.497 e. The van der Waals surface area contributed by atoms with Gasteiger partial charge in [0, 0.05) is 23.4 Å². The fraction of sp³-hybridized carbons (Fsp3) is 0.0385. The van der Waals surface area contributed by atoms with Gasteiger partial charge in [0.15, 0.2) is 0 Å². The van der Waals surface area contributed by atoms with Gasteiger partial charge in [-0.3, -0.25) is 9.69 Å². The smallest absolute Gasteiger partial charge is 0.262 e. The van der Waals surface area contributed by atoms with Gasteiger partial charge >= 0.3 is 0 Å². The number of hydrogen-bond donors (Lipinski definition) is 0. The molecule has 0 saturated heterocycles. The van der Waals surface area contributed by atoms with Crippen LogP contribution in [0.15, 0.2) is 97.1 Å². The van der Waals surface area contributed by atoms with E-state index in [1.807, 2.05) is 84.9 Å². The molecule has 0 aliphatic heterocycles. The number of halogens is 2. The van der Waals surface area contributed by atoms with Gasteiger partial charge in [0.25, 0.3) is 5.91 Å². The number of nitrogens with zero attached hydrogens (tertiary/aromatic N) is 1. The molecule has 0 aliphatic rings. The molecule has 1 amide bonds. The third-order valence-electron chi connectivity index (χ3n) is 4.91. The first-order chi connectivity index (χ1) is 15.1. The Kier molecular flexibility index (Phi) is 6.26. The maximum absolute atomic E-state index is 13.6. The van der Waals surface area contributed by atoms with Crippen LogP contribution >= 0.6 is 23.2 Å². The van der Waals surface area contributed by atoms with Crippen LogP contribution in [0.4, 0.5) is 11.4 Å². The molecule has 0 aromatic heterocycles. The van der Waals surface area contributed by atoms with Crippen molar-refractivity contribution in [2.45, 2.75) is 0 Å². The van der Waals surface area contributed by atoms with Gasteiger partial charge in [-0.1, -0.05) is 83.9 Å². The number of carbonyl (C=O) groups excluding carboxylic acids is 1. The Morgan fingerprint density at radius 3 is 1.81 bits per heavy atom. The summed E-state index contributed by atoms with van der Waals surface area (Å²) in [6.45, 7) is 0. The molecule has 154 valence electrons. The third-order valence-corrected chi connectivity index (χ3v) is 5.48. The molecule has 0 bridgehead atoms. The first-order valence-corrected chi connectivity index (χ1v) is 10.4. The minimum Gasteiger partial charge on any atom is -0.497 e. The van der Waals surface area contributed by atoms with E-state index in [0.717, 1.165) is 11.1 Å². The second kappa shape index (κ2) is 9.25. The van der Waals surface area contributed by atoms with E-state index in [-0.39, 0.29) is 5.91 Å². The number of amides is 1. The van der Waals surface area contributed by atoms with Crippen molar-refractivity contribution in [2.75, 3.05) is 12.0 Å². The average molecular weight is 448 g/mol. The summed E-state index contributed by atoms with van der Waals surface area (Å²) in [6.07, 6.45) is 0. The second-order valence-corrected chi connectivity index (χ2v) is 7.67. The molecular weight excluding hydrogens is 429 g/mol. The van der Waals surface area contributed by atoms with Gasteiger partial charge in [-0.25, -0.2) is 0 Å². The van der Waals surface area contributed by atoms with Crippen molar-refractivity contribution in [3.05, 3.63) is 113 Å². The molecule has 0 unspecified atom stereocenters. The molecule has 0 radical (unpaired) electrons. The lowest BCUT2D eigenvalue weighted by atomic mass is 10.0. The minimum atomic E-state index is -0.236. The zero-order valence-corrected chi connectivity index (χ0v) is 18.3. The molecule has 31 heavy (non-hydrogen) atoms. The lowest BCUT2D eigenvalue weighted by Crippen LogP contribution is -2.26. The highest BCUT2D eigenvalue weighted by Crippen LogP contribution is 2.41. The van der Waals surface area contributed by atoms with Crippen molar-refractivity contribution in [2.24, 2.45) is 0 Å². The summed E-state index contributed by atoms with van der Waals surface area (Å²) in [5.41, 5.74) is 3.71. The van der Waals surface area contributed by atoms with Crippen molar-refractivity contribution in [3.63, 3.8) is 0 Å². The van der Waals surface area contributed by atoms with Crippen LogP contribution in [0.1, 0.15) is 10.4 Å². The van der Waals surface area contributed by atoms with E-state index in [9.17, 15) is 4.79 Å². The van der Waals surface area contributed by atoms with Crippen LogP contribution in [-0.2, 0) is 0 Å². The van der Waals surface area contributed by atoms with E-state index in [1.54, 1.807) is 12.1 Å². The molecule has 4 aromatic carbocycles.